The fourth-order valence-corrected chi connectivity index (χ4v) is 4.26. The third-order valence-electron chi connectivity index (χ3n) is 4.55. The third-order valence-corrected chi connectivity index (χ3v) is 6.37. The highest BCUT2D eigenvalue weighted by Gasteiger charge is 2.14. The summed E-state index contributed by atoms with van der Waals surface area (Å²) in [5.41, 5.74) is 0.426. The maximum Gasteiger partial charge on any atom is 0.306 e. The lowest BCUT2D eigenvalue weighted by atomic mass is 10.2. The van der Waals surface area contributed by atoms with E-state index in [2.05, 4.69) is 4.98 Å². The van der Waals surface area contributed by atoms with Crippen LogP contribution in [0.4, 0.5) is 0 Å². The molecule has 152 valence electrons. The summed E-state index contributed by atoms with van der Waals surface area (Å²) >= 11 is 0. The summed E-state index contributed by atoms with van der Waals surface area (Å²) in [5.74, 6) is -0.0489. The first-order valence-corrected chi connectivity index (χ1v) is 10.9. The first kappa shape index (κ1) is 20.7. The van der Waals surface area contributed by atoms with Crippen LogP contribution in [0.5, 0.6) is 0 Å². The van der Waals surface area contributed by atoms with Crippen LogP contribution >= 0.6 is 0 Å². The van der Waals surface area contributed by atoms with Gasteiger partial charge in [-0.05, 0) is 30.7 Å². The summed E-state index contributed by atoms with van der Waals surface area (Å²) in [5, 5.41) is 0.529. The molecular weight excluding hydrogens is 392 g/mol. The van der Waals surface area contributed by atoms with Crippen LogP contribution in [0.25, 0.3) is 10.9 Å². The molecule has 29 heavy (non-hydrogen) atoms. The second-order valence-electron chi connectivity index (χ2n) is 6.62. The molecule has 3 rings (SSSR count). The fourth-order valence-electron chi connectivity index (χ4n) is 2.95. The molecule has 1 aromatic heterocycles. The molecule has 0 unspecified atom stereocenters. The van der Waals surface area contributed by atoms with E-state index in [1.165, 1.54) is 4.57 Å². The second kappa shape index (κ2) is 9.00. The summed E-state index contributed by atoms with van der Waals surface area (Å²) in [4.78, 5) is 29.1. The molecule has 0 saturated carbocycles. The van der Waals surface area contributed by atoms with Gasteiger partial charge in [0.15, 0.2) is 9.84 Å². The second-order valence-corrected chi connectivity index (χ2v) is 8.72. The molecule has 0 saturated heterocycles. The van der Waals surface area contributed by atoms with Crippen molar-refractivity contribution in [2.75, 3.05) is 12.4 Å². The highest BCUT2D eigenvalue weighted by Crippen LogP contribution is 2.12. The van der Waals surface area contributed by atoms with Crippen molar-refractivity contribution in [3.05, 3.63) is 70.8 Å². The van der Waals surface area contributed by atoms with Crippen molar-refractivity contribution in [2.24, 2.45) is 7.05 Å². The monoisotopic (exact) mass is 414 g/mol. The third kappa shape index (κ3) is 5.08. The van der Waals surface area contributed by atoms with Gasteiger partial charge in [-0.3, -0.25) is 14.2 Å². The Kier molecular flexibility index (Phi) is 6.43. The Balaban J connectivity index is 1.50. The summed E-state index contributed by atoms with van der Waals surface area (Å²) < 4.78 is 30.9. The number of esters is 1. The number of nitrogens with zero attached hydrogens (tertiary/aromatic N) is 2. The Labute approximate surface area is 168 Å². The Morgan fingerprint density at radius 2 is 1.76 bits per heavy atom. The van der Waals surface area contributed by atoms with E-state index >= 15 is 0 Å². The van der Waals surface area contributed by atoms with Gasteiger partial charge in [0.2, 0.25) is 0 Å². The van der Waals surface area contributed by atoms with Crippen molar-refractivity contribution in [3.63, 3.8) is 0 Å². The first-order chi connectivity index (χ1) is 13.9. The lowest BCUT2D eigenvalue weighted by molar-refractivity contribution is -0.143. The minimum Gasteiger partial charge on any atom is -0.466 e. The molecule has 0 fully saturated rings. The van der Waals surface area contributed by atoms with Gasteiger partial charge in [-0.1, -0.05) is 30.3 Å². The number of ether oxygens (including phenoxy) is 1. The van der Waals surface area contributed by atoms with E-state index in [0.29, 0.717) is 16.7 Å². The molecular formula is C21H22N2O5S. The maximum absolute atomic E-state index is 12.4. The van der Waals surface area contributed by atoms with E-state index in [9.17, 15) is 18.0 Å². The van der Waals surface area contributed by atoms with Crippen LogP contribution in [0.3, 0.4) is 0 Å². The topological polar surface area (TPSA) is 95.3 Å². The van der Waals surface area contributed by atoms with Crippen LogP contribution in [-0.2, 0) is 32.8 Å². The molecule has 0 radical (unpaired) electrons. The van der Waals surface area contributed by atoms with E-state index in [4.69, 9.17) is 4.74 Å². The summed E-state index contributed by atoms with van der Waals surface area (Å²) in [6.07, 6.45) is 0.539. The number of carbonyl (C=O) groups is 1. The predicted octanol–water partition coefficient (Wildman–Crippen LogP) is 2.27. The van der Waals surface area contributed by atoms with Crippen LogP contribution in [0.1, 0.15) is 18.7 Å². The van der Waals surface area contributed by atoms with Crippen molar-refractivity contribution in [2.45, 2.75) is 24.2 Å². The predicted molar refractivity (Wildman–Crippen MR) is 109 cm³/mol. The summed E-state index contributed by atoms with van der Waals surface area (Å²) in [7, 11) is -1.76. The summed E-state index contributed by atoms with van der Waals surface area (Å²) in [6, 6.07) is 15.2. The minimum atomic E-state index is -3.38. The largest absolute Gasteiger partial charge is 0.466 e. The number of hydrogen-bond acceptors (Lipinski definition) is 6. The van der Waals surface area contributed by atoms with Gasteiger partial charge < -0.3 is 4.74 Å². The SMILES string of the molecule is Cn1c(CCC(=O)OCCCS(=O)(=O)c2ccccc2)nc2ccccc2c1=O. The number of sulfone groups is 1. The average Bonchev–Trinajstić information content (AvgIpc) is 2.73. The van der Waals surface area contributed by atoms with Crippen LogP contribution < -0.4 is 5.56 Å². The number of aromatic nitrogens is 2. The minimum absolute atomic E-state index is 0.0228. The molecule has 1 heterocycles. The van der Waals surface area contributed by atoms with E-state index in [1.807, 2.05) is 0 Å². The zero-order chi connectivity index (χ0) is 20.9. The Morgan fingerprint density at radius 3 is 2.52 bits per heavy atom. The van der Waals surface area contributed by atoms with Crippen molar-refractivity contribution in [1.82, 2.24) is 9.55 Å². The van der Waals surface area contributed by atoms with Crippen LogP contribution in [0.15, 0.2) is 64.3 Å². The van der Waals surface area contributed by atoms with Crippen molar-refractivity contribution in [1.29, 1.82) is 0 Å². The highest BCUT2D eigenvalue weighted by atomic mass is 32.2. The molecule has 0 N–H and O–H groups in total. The Hall–Kier alpha value is -3.00. The number of fused-ring (bicyclic) bond motifs is 1. The number of rotatable bonds is 8. The van der Waals surface area contributed by atoms with E-state index in [0.717, 1.165) is 0 Å². The lowest BCUT2D eigenvalue weighted by Crippen LogP contribution is -2.23. The molecule has 0 aliphatic heterocycles. The van der Waals surface area contributed by atoms with Gasteiger partial charge >= 0.3 is 5.97 Å². The van der Waals surface area contributed by atoms with Gasteiger partial charge in [-0.25, -0.2) is 13.4 Å². The molecule has 0 spiro atoms. The van der Waals surface area contributed by atoms with E-state index in [-0.39, 0.29) is 42.1 Å². The fraction of sp³-hybridized carbons (Fsp3) is 0.286. The zero-order valence-corrected chi connectivity index (χ0v) is 16.9. The number of aryl methyl sites for hydroxylation is 1. The van der Waals surface area contributed by atoms with Gasteiger partial charge in [-0.2, -0.15) is 0 Å². The van der Waals surface area contributed by atoms with Gasteiger partial charge in [0.25, 0.3) is 5.56 Å². The number of carbonyl (C=O) groups excluding carboxylic acids is 1. The van der Waals surface area contributed by atoms with E-state index < -0.39 is 15.8 Å². The molecule has 0 aliphatic rings. The van der Waals surface area contributed by atoms with Gasteiger partial charge in [0, 0.05) is 13.5 Å². The standard InChI is InChI=1S/C21H22N2O5S/c1-23-19(22-18-11-6-5-10-17(18)21(23)25)12-13-20(24)28-14-7-15-29(26,27)16-8-3-2-4-9-16/h2-6,8-11H,7,12-15H2,1H3. The molecule has 8 heteroatoms. The average molecular weight is 414 g/mol. The molecule has 7 nitrogen and oxygen atoms in total. The van der Waals surface area contributed by atoms with Crippen molar-refractivity contribution in [3.8, 4) is 0 Å². The Bertz CT molecular complexity index is 1170. The molecule has 0 bridgehead atoms. The van der Waals surface area contributed by atoms with Crippen LogP contribution in [-0.4, -0.2) is 36.3 Å². The Morgan fingerprint density at radius 1 is 1.07 bits per heavy atom. The van der Waals surface area contributed by atoms with E-state index in [1.54, 1.807) is 61.6 Å². The molecule has 0 atom stereocenters. The quantitative estimate of drug-likeness (QED) is 0.414. The molecule has 2 aromatic carbocycles. The van der Waals surface area contributed by atoms with Crippen molar-refractivity contribution >= 4 is 26.7 Å². The normalized spacial score (nSPS) is 11.5. The van der Waals surface area contributed by atoms with Crippen LogP contribution in [0, 0.1) is 0 Å². The molecule has 0 aliphatic carbocycles. The molecule has 3 aromatic rings. The number of benzene rings is 2. The zero-order valence-electron chi connectivity index (χ0n) is 16.1. The van der Waals surface area contributed by atoms with Gasteiger partial charge in [0.1, 0.15) is 5.82 Å². The first-order valence-electron chi connectivity index (χ1n) is 9.26. The number of hydrogen-bond donors (Lipinski definition) is 0. The molecule has 0 amide bonds. The lowest BCUT2D eigenvalue weighted by Gasteiger charge is -2.09. The number of para-hydroxylation sites is 1. The van der Waals surface area contributed by atoms with Gasteiger partial charge in [-0.15, -0.1) is 0 Å². The van der Waals surface area contributed by atoms with Crippen molar-refractivity contribution < 1.29 is 17.9 Å². The summed E-state index contributed by atoms with van der Waals surface area (Å²) in [6.45, 7) is 0.0228. The van der Waals surface area contributed by atoms with Crippen LogP contribution in [0.2, 0.25) is 0 Å². The highest BCUT2D eigenvalue weighted by molar-refractivity contribution is 7.91. The maximum atomic E-state index is 12.4. The van der Waals surface area contributed by atoms with Gasteiger partial charge in [0.05, 0.1) is 34.6 Å². The smallest absolute Gasteiger partial charge is 0.306 e.